The Kier molecular flexibility index (Phi) is 4.42. The average Bonchev–Trinajstić information content (AvgIpc) is 2.42. The Balaban J connectivity index is 2.52. The number of anilines is 2. The van der Waals surface area contributed by atoms with Gasteiger partial charge in [0.25, 0.3) is 5.91 Å². The first-order valence-electron chi connectivity index (χ1n) is 5.58. The molecule has 0 saturated heterocycles. The number of benzene rings is 1. The maximum absolute atomic E-state index is 13.0. The topological polar surface area (TPSA) is 68.0 Å². The van der Waals surface area contributed by atoms with Crippen molar-refractivity contribution in [2.45, 2.75) is 6.67 Å². The average molecular weight is 314 g/mol. The van der Waals surface area contributed by atoms with Crippen molar-refractivity contribution in [1.29, 1.82) is 0 Å². The molecule has 3 N–H and O–H groups in total. The lowest BCUT2D eigenvalue weighted by molar-refractivity contribution is 0.100. The molecule has 0 spiro atoms. The van der Waals surface area contributed by atoms with E-state index in [1.165, 1.54) is 18.3 Å². The molecule has 0 radical (unpaired) electrons. The Hall–Kier alpha value is -1.85. The number of para-hydroxylation sites is 1. The molecule has 1 heterocycles. The van der Waals surface area contributed by atoms with E-state index in [-0.39, 0.29) is 16.4 Å². The number of amides is 1. The van der Waals surface area contributed by atoms with E-state index in [1.807, 2.05) is 0 Å². The van der Waals surface area contributed by atoms with Gasteiger partial charge in [-0.15, -0.1) is 0 Å². The lowest BCUT2D eigenvalue weighted by atomic mass is 10.1. The molecule has 104 valence electrons. The molecule has 0 aliphatic carbocycles. The number of nitrogens with two attached hydrogens (primary N) is 1. The summed E-state index contributed by atoms with van der Waals surface area (Å²) in [6.45, 7) is -0.750. The van der Waals surface area contributed by atoms with Crippen LogP contribution in [-0.2, 0) is 6.67 Å². The molecule has 1 aromatic carbocycles. The number of pyridine rings is 1. The zero-order valence-electron chi connectivity index (χ0n) is 10.2. The number of carbonyl (C=O) groups is 1. The monoisotopic (exact) mass is 313 g/mol. The Morgan fingerprint density at radius 3 is 2.80 bits per heavy atom. The second-order valence-corrected chi connectivity index (χ2v) is 4.74. The predicted octanol–water partition coefficient (Wildman–Crippen LogP) is 3.70. The third-order valence-electron chi connectivity index (χ3n) is 2.64. The molecule has 2 aromatic rings. The van der Waals surface area contributed by atoms with Gasteiger partial charge in [0, 0.05) is 17.8 Å². The van der Waals surface area contributed by atoms with E-state index in [2.05, 4.69) is 10.3 Å². The first-order valence-corrected chi connectivity index (χ1v) is 6.34. The number of primary amides is 1. The molecule has 0 fully saturated rings. The van der Waals surface area contributed by atoms with Crippen molar-refractivity contribution in [2.75, 3.05) is 5.32 Å². The first-order chi connectivity index (χ1) is 9.52. The molecular formula is C13H10Cl2FN3O. The Labute approximate surface area is 124 Å². The highest BCUT2D eigenvalue weighted by Crippen LogP contribution is 2.31. The van der Waals surface area contributed by atoms with Gasteiger partial charge in [-0.2, -0.15) is 0 Å². The number of nitrogens with one attached hydrogen (secondary N) is 1. The fourth-order valence-electron chi connectivity index (χ4n) is 1.71. The molecule has 1 amide bonds. The fourth-order valence-corrected chi connectivity index (χ4v) is 2.02. The molecule has 0 saturated carbocycles. The fraction of sp³-hybridized carbons (Fsp3) is 0.0769. The van der Waals surface area contributed by atoms with E-state index in [1.54, 1.807) is 12.1 Å². The van der Waals surface area contributed by atoms with Crippen LogP contribution in [0.4, 0.5) is 15.8 Å². The number of carbonyl (C=O) groups excluding carboxylic acids is 1. The molecule has 0 atom stereocenters. The number of rotatable bonds is 4. The highest BCUT2D eigenvalue weighted by atomic mass is 35.5. The van der Waals surface area contributed by atoms with Gasteiger partial charge < -0.3 is 11.1 Å². The van der Waals surface area contributed by atoms with Crippen LogP contribution in [0.25, 0.3) is 0 Å². The van der Waals surface area contributed by atoms with Crippen LogP contribution in [0.2, 0.25) is 10.2 Å². The summed E-state index contributed by atoms with van der Waals surface area (Å²) >= 11 is 11.8. The van der Waals surface area contributed by atoms with E-state index in [0.29, 0.717) is 16.3 Å². The zero-order chi connectivity index (χ0) is 14.7. The van der Waals surface area contributed by atoms with E-state index >= 15 is 0 Å². The predicted molar refractivity (Wildman–Crippen MR) is 77.3 cm³/mol. The van der Waals surface area contributed by atoms with Gasteiger partial charge in [-0.25, -0.2) is 9.37 Å². The molecule has 0 aliphatic heterocycles. The molecular weight excluding hydrogens is 304 g/mol. The van der Waals surface area contributed by atoms with Gasteiger partial charge in [0.15, 0.2) is 0 Å². The molecule has 0 bridgehead atoms. The van der Waals surface area contributed by atoms with Crippen molar-refractivity contribution in [1.82, 2.24) is 4.98 Å². The minimum Gasteiger partial charge on any atom is -0.366 e. The Morgan fingerprint density at radius 2 is 2.15 bits per heavy atom. The van der Waals surface area contributed by atoms with Crippen LogP contribution in [0.5, 0.6) is 0 Å². The van der Waals surface area contributed by atoms with Crippen LogP contribution in [0.3, 0.4) is 0 Å². The van der Waals surface area contributed by atoms with E-state index in [9.17, 15) is 9.18 Å². The molecule has 20 heavy (non-hydrogen) atoms. The Morgan fingerprint density at radius 1 is 1.40 bits per heavy atom. The molecule has 0 aliphatic rings. The third-order valence-corrected chi connectivity index (χ3v) is 3.15. The number of hydrogen-bond acceptors (Lipinski definition) is 3. The van der Waals surface area contributed by atoms with Crippen LogP contribution in [0.1, 0.15) is 15.9 Å². The van der Waals surface area contributed by atoms with Gasteiger partial charge in [-0.05, 0) is 6.07 Å². The summed E-state index contributed by atoms with van der Waals surface area (Å²) < 4.78 is 13.0. The highest BCUT2D eigenvalue weighted by Gasteiger charge is 2.14. The molecule has 4 nitrogen and oxygen atoms in total. The van der Waals surface area contributed by atoms with Crippen molar-refractivity contribution in [3.8, 4) is 0 Å². The standard InChI is InChI=1S/C13H10Cl2FN3O/c14-9-6-18-11(15)4-10(9)19-12-7(5-16)2-1-3-8(12)13(17)20/h1-4,6H,5H2,(H2,17,20)(H,18,19). The lowest BCUT2D eigenvalue weighted by Crippen LogP contribution is -2.14. The normalized spacial score (nSPS) is 10.3. The number of hydrogen-bond donors (Lipinski definition) is 2. The van der Waals surface area contributed by atoms with Crippen LogP contribution in [0.15, 0.2) is 30.5 Å². The van der Waals surface area contributed by atoms with Crippen molar-refractivity contribution in [3.05, 3.63) is 51.8 Å². The maximum atomic E-state index is 13.0. The summed E-state index contributed by atoms with van der Waals surface area (Å²) in [5.41, 5.74) is 6.44. The summed E-state index contributed by atoms with van der Waals surface area (Å²) in [5, 5.41) is 3.39. The van der Waals surface area contributed by atoms with Gasteiger partial charge in [0.1, 0.15) is 11.8 Å². The van der Waals surface area contributed by atoms with Gasteiger partial charge in [0.05, 0.1) is 22.0 Å². The lowest BCUT2D eigenvalue weighted by Gasteiger charge is -2.14. The summed E-state index contributed by atoms with van der Waals surface area (Å²) in [6, 6.07) is 6.08. The minimum atomic E-state index is -0.750. The molecule has 1 aromatic heterocycles. The highest BCUT2D eigenvalue weighted by molar-refractivity contribution is 6.34. The second-order valence-electron chi connectivity index (χ2n) is 3.95. The quantitative estimate of drug-likeness (QED) is 0.846. The number of aromatic nitrogens is 1. The summed E-state index contributed by atoms with van der Waals surface area (Å²) in [5.74, 6) is -0.668. The van der Waals surface area contributed by atoms with Crippen LogP contribution >= 0.6 is 23.2 Å². The van der Waals surface area contributed by atoms with Crippen LogP contribution in [0, 0.1) is 0 Å². The molecule has 2 rings (SSSR count). The van der Waals surface area contributed by atoms with Crippen molar-refractivity contribution >= 4 is 40.5 Å². The largest absolute Gasteiger partial charge is 0.366 e. The first kappa shape index (κ1) is 14.6. The number of nitrogens with zero attached hydrogens (tertiary/aromatic N) is 1. The van der Waals surface area contributed by atoms with E-state index in [0.717, 1.165) is 0 Å². The van der Waals surface area contributed by atoms with Crippen LogP contribution in [-0.4, -0.2) is 10.9 Å². The van der Waals surface area contributed by atoms with E-state index in [4.69, 9.17) is 28.9 Å². The van der Waals surface area contributed by atoms with Crippen molar-refractivity contribution in [3.63, 3.8) is 0 Å². The smallest absolute Gasteiger partial charge is 0.250 e. The van der Waals surface area contributed by atoms with Gasteiger partial charge in [-0.1, -0.05) is 35.3 Å². The van der Waals surface area contributed by atoms with E-state index < -0.39 is 12.6 Å². The third kappa shape index (κ3) is 3.00. The van der Waals surface area contributed by atoms with Gasteiger partial charge in [0.2, 0.25) is 0 Å². The molecule has 7 heteroatoms. The maximum Gasteiger partial charge on any atom is 0.250 e. The summed E-state index contributed by atoms with van der Waals surface area (Å²) in [7, 11) is 0. The van der Waals surface area contributed by atoms with Crippen molar-refractivity contribution in [2.24, 2.45) is 5.73 Å². The molecule has 0 unspecified atom stereocenters. The minimum absolute atomic E-state index is 0.171. The van der Waals surface area contributed by atoms with Crippen LogP contribution < -0.4 is 11.1 Å². The zero-order valence-corrected chi connectivity index (χ0v) is 11.7. The van der Waals surface area contributed by atoms with Gasteiger partial charge >= 0.3 is 0 Å². The SMILES string of the molecule is NC(=O)c1cccc(CF)c1Nc1cc(Cl)ncc1Cl. The Bertz CT molecular complexity index is 664. The van der Waals surface area contributed by atoms with Crippen molar-refractivity contribution < 1.29 is 9.18 Å². The summed E-state index contributed by atoms with van der Waals surface area (Å²) in [4.78, 5) is 15.2. The second kappa shape index (κ2) is 6.07. The summed E-state index contributed by atoms with van der Waals surface area (Å²) in [6.07, 6.45) is 1.36. The number of alkyl halides is 1. The number of halogens is 3. The van der Waals surface area contributed by atoms with Gasteiger partial charge in [-0.3, -0.25) is 4.79 Å².